The lowest BCUT2D eigenvalue weighted by molar-refractivity contribution is -0.387. The number of benzene rings is 1. The fourth-order valence-electron chi connectivity index (χ4n) is 1.55. The molecule has 0 spiro atoms. The summed E-state index contributed by atoms with van der Waals surface area (Å²) in [6, 6.07) is 1.31. The lowest BCUT2D eigenvalue weighted by Crippen LogP contribution is -2.04. The van der Waals surface area contributed by atoms with E-state index in [2.05, 4.69) is 0 Å². The van der Waals surface area contributed by atoms with Gasteiger partial charge in [0, 0.05) is 12.0 Å². The van der Waals surface area contributed by atoms with Crippen LogP contribution in [0.25, 0.3) is 0 Å². The molecule has 15 heavy (non-hydrogen) atoms. The summed E-state index contributed by atoms with van der Waals surface area (Å²) in [5, 5.41) is 10.3. The molecule has 1 aromatic rings. The molecule has 1 saturated carbocycles. The van der Waals surface area contributed by atoms with Crippen LogP contribution in [0.2, 0.25) is 0 Å². The summed E-state index contributed by atoms with van der Waals surface area (Å²) < 4.78 is 26.5. The summed E-state index contributed by atoms with van der Waals surface area (Å²) >= 11 is 0. The Morgan fingerprint density at radius 1 is 1.40 bits per heavy atom. The van der Waals surface area contributed by atoms with Gasteiger partial charge in [0.15, 0.2) is 0 Å². The lowest BCUT2D eigenvalue weighted by Gasteiger charge is -2.02. The van der Waals surface area contributed by atoms with Gasteiger partial charge in [0.2, 0.25) is 5.82 Å². The van der Waals surface area contributed by atoms with Crippen LogP contribution in [0.4, 0.5) is 14.5 Å². The van der Waals surface area contributed by atoms with E-state index < -0.39 is 22.2 Å². The van der Waals surface area contributed by atoms with Crippen molar-refractivity contribution in [2.45, 2.75) is 18.4 Å². The number of nitrogens with zero attached hydrogens (tertiary/aromatic N) is 1. The van der Waals surface area contributed by atoms with Gasteiger partial charge in [-0.2, -0.15) is 4.39 Å². The van der Waals surface area contributed by atoms with Crippen LogP contribution >= 0.6 is 0 Å². The summed E-state index contributed by atoms with van der Waals surface area (Å²) in [5.74, 6) is -1.99. The Hall–Kier alpha value is -1.56. The van der Waals surface area contributed by atoms with Crippen LogP contribution < -0.4 is 5.73 Å². The predicted octanol–water partition coefficient (Wildman–Crippen LogP) is 1.69. The zero-order chi connectivity index (χ0) is 11.2. The van der Waals surface area contributed by atoms with Crippen LogP contribution in [0, 0.1) is 21.7 Å². The number of hydrogen-bond donors (Lipinski definition) is 1. The van der Waals surface area contributed by atoms with Crippen LogP contribution in [-0.2, 0) is 0 Å². The highest BCUT2D eigenvalue weighted by Crippen LogP contribution is 2.41. The molecule has 0 heterocycles. The zero-order valence-electron chi connectivity index (χ0n) is 7.61. The van der Waals surface area contributed by atoms with Gasteiger partial charge in [-0.25, -0.2) is 4.39 Å². The van der Waals surface area contributed by atoms with Gasteiger partial charge in [0.25, 0.3) is 0 Å². The second kappa shape index (κ2) is 3.23. The SMILES string of the molecule is NC1CC1c1cc(F)c([N+](=O)[O-])cc1F. The molecule has 0 amide bonds. The molecule has 1 fully saturated rings. The number of nitrogens with two attached hydrogens (primary N) is 1. The first-order chi connectivity index (χ1) is 7.00. The van der Waals surface area contributed by atoms with Gasteiger partial charge in [-0.1, -0.05) is 0 Å². The van der Waals surface area contributed by atoms with E-state index in [4.69, 9.17) is 5.73 Å². The first-order valence-electron chi connectivity index (χ1n) is 4.39. The summed E-state index contributed by atoms with van der Waals surface area (Å²) in [7, 11) is 0. The fourth-order valence-corrected chi connectivity index (χ4v) is 1.55. The minimum Gasteiger partial charge on any atom is -0.327 e. The van der Waals surface area contributed by atoms with Crippen molar-refractivity contribution in [3.8, 4) is 0 Å². The van der Waals surface area contributed by atoms with Gasteiger partial charge in [-0.05, 0) is 18.1 Å². The zero-order valence-corrected chi connectivity index (χ0v) is 7.61. The summed E-state index contributed by atoms with van der Waals surface area (Å²) in [4.78, 5) is 9.36. The van der Waals surface area contributed by atoms with Crippen LogP contribution in [0.15, 0.2) is 12.1 Å². The molecule has 0 radical (unpaired) electrons. The molecule has 0 aromatic heterocycles. The smallest absolute Gasteiger partial charge is 0.307 e. The highest BCUT2D eigenvalue weighted by Gasteiger charge is 2.38. The topological polar surface area (TPSA) is 69.2 Å². The molecular formula is C9H8F2N2O2. The monoisotopic (exact) mass is 214 g/mol. The van der Waals surface area contributed by atoms with Crippen molar-refractivity contribution in [1.82, 2.24) is 0 Å². The van der Waals surface area contributed by atoms with Crippen molar-refractivity contribution in [2.24, 2.45) is 5.73 Å². The third kappa shape index (κ3) is 1.68. The Morgan fingerprint density at radius 2 is 2.00 bits per heavy atom. The highest BCUT2D eigenvalue weighted by molar-refractivity contribution is 5.40. The average Bonchev–Trinajstić information content (AvgIpc) is 2.85. The molecule has 4 nitrogen and oxygen atoms in total. The Morgan fingerprint density at radius 3 is 2.47 bits per heavy atom. The molecule has 2 rings (SSSR count). The maximum Gasteiger partial charge on any atom is 0.307 e. The molecule has 2 unspecified atom stereocenters. The van der Waals surface area contributed by atoms with E-state index in [1.165, 1.54) is 0 Å². The van der Waals surface area contributed by atoms with Crippen LogP contribution in [0.3, 0.4) is 0 Å². The Bertz CT molecular complexity index is 436. The van der Waals surface area contributed by atoms with Crippen molar-refractivity contribution in [1.29, 1.82) is 0 Å². The summed E-state index contributed by atoms with van der Waals surface area (Å²) in [6.45, 7) is 0. The van der Waals surface area contributed by atoms with Crippen LogP contribution in [-0.4, -0.2) is 11.0 Å². The van der Waals surface area contributed by atoms with E-state index in [1.54, 1.807) is 0 Å². The van der Waals surface area contributed by atoms with Gasteiger partial charge in [0.05, 0.1) is 11.0 Å². The van der Waals surface area contributed by atoms with E-state index in [-0.39, 0.29) is 17.5 Å². The molecule has 0 saturated heterocycles. The minimum atomic E-state index is -1.02. The standard InChI is InChI=1S/C9H8F2N2O2/c10-6-3-9(13(14)15)7(11)1-4(6)5-2-8(5)12/h1,3,5,8H,2,12H2. The Kier molecular flexibility index (Phi) is 2.15. The molecule has 2 atom stereocenters. The summed E-state index contributed by atoms with van der Waals surface area (Å²) in [6.07, 6.45) is 0.591. The third-order valence-electron chi connectivity index (χ3n) is 2.50. The molecule has 1 aliphatic carbocycles. The first-order valence-corrected chi connectivity index (χ1v) is 4.39. The van der Waals surface area contributed by atoms with Crippen LogP contribution in [0.1, 0.15) is 17.9 Å². The molecule has 80 valence electrons. The normalized spacial score (nSPS) is 23.9. The lowest BCUT2D eigenvalue weighted by atomic mass is 10.1. The number of halogens is 2. The van der Waals surface area contributed by atoms with Gasteiger partial charge < -0.3 is 5.73 Å². The number of hydrogen-bond acceptors (Lipinski definition) is 3. The maximum absolute atomic E-state index is 13.3. The van der Waals surface area contributed by atoms with Crippen molar-refractivity contribution in [2.75, 3.05) is 0 Å². The van der Waals surface area contributed by atoms with E-state index in [9.17, 15) is 18.9 Å². The second-order valence-electron chi connectivity index (χ2n) is 3.59. The molecule has 1 aromatic carbocycles. The van der Waals surface area contributed by atoms with Gasteiger partial charge in [-0.15, -0.1) is 0 Å². The second-order valence-corrected chi connectivity index (χ2v) is 3.59. The Balaban J connectivity index is 2.43. The predicted molar refractivity (Wildman–Crippen MR) is 48.3 cm³/mol. The van der Waals surface area contributed by atoms with Gasteiger partial charge in [0.1, 0.15) is 5.82 Å². The molecular weight excluding hydrogens is 206 g/mol. The summed E-state index contributed by atoms with van der Waals surface area (Å²) in [5.41, 5.74) is 4.78. The maximum atomic E-state index is 13.3. The van der Waals surface area contributed by atoms with Crippen molar-refractivity contribution < 1.29 is 13.7 Å². The van der Waals surface area contributed by atoms with Crippen molar-refractivity contribution in [3.05, 3.63) is 39.4 Å². The molecule has 6 heteroatoms. The number of rotatable bonds is 2. The molecule has 0 bridgehead atoms. The van der Waals surface area contributed by atoms with Crippen molar-refractivity contribution in [3.63, 3.8) is 0 Å². The largest absolute Gasteiger partial charge is 0.327 e. The van der Waals surface area contributed by atoms with E-state index >= 15 is 0 Å². The van der Waals surface area contributed by atoms with Gasteiger partial charge >= 0.3 is 5.69 Å². The van der Waals surface area contributed by atoms with E-state index in [1.807, 2.05) is 0 Å². The molecule has 2 N–H and O–H groups in total. The molecule has 0 aliphatic heterocycles. The third-order valence-corrected chi connectivity index (χ3v) is 2.50. The average molecular weight is 214 g/mol. The fraction of sp³-hybridized carbons (Fsp3) is 0.333. The number of nitro benzene ring substituents is 1. The molecule has 1 aliphatic rings. The van der Waals surface area contributed by atoms with Gasteiger partial charge in [-0.3, -0.25) is 10.1 Å². The Labute approximate surface area is 83.8 Å². The van der Waals surface area contributed by atoms with Crippen molar-refractivity contribution >= 4 is 5.69 Å². The minimum absolute atomic E-state index is 0.130. The first kappa shape index (κ1) is 9.97. The van der Waals surface area contributed by atoms with Crippen LogP contribution in [0.5, 0.6) is 0 Å². The number of nitro groups is 1. The van der Waals surface area contributed by atoms with E-state index in [0.717, 1.165) is 6.07 Å². The quantitative estimate of drug-likeness (QED) is 0.601. The van der Waals surface area contributed by atoms with E-state index in [0.29, 0.717) is 12.5 Å². The highest BCUT2D eigenvalue weighted by atomic mass is 19.1.